The number of hydrogen-bond acceptors (Lipinski definition) is 3. The number of hydrogen-bond donors (Lipinski definition) is 2. The largest absolute Gasteiger partial charge is 0.495 e. The molecule has 5 heteroatoms. The third kappa shape index (κ3) is 5.43. The van der Waals surface area contributed by atoms with Gasteiger partial charge in [-0.1, -0.05) is 26.0 Å². The average molecular weight is 319 g/mol. The van der Waals surface area contributed by atoms with Crippen molar-refractivity contribution in [3.8, 4) is 5.75 Å². The number of para-hydroxylation sites is 2. The molecule has 128 valence electrons. The number of anilines is 1. The second-order valence-corrected chi connectivity index (χ2v) is 6.86. The third-order valence-corrected chi connectivity index (χ3v) is 4.21. The van der Waals surface area contributed by atoms with Crippen LogP contribution >= 0.6 is 0 Å². The number of amides is 2. The van der Waals surface area contributed by atoms with Crippen molar-refractivity contribution in [3.63, 3.8) is 0 Å². The van der Waals surface area contributed by atoms with E-state index in [-0.39, 0.29) is 12.1 Å². The van der Waals surface area contributed by atoms with Gasteiger partial charge in [0.2, 0.25) is 0 Å². The molecule has 0 unspecified atom stereocenters. The molecule has 1 aliphatic rings. The van der Waals surface area contributed by atoms with Crippen molar-refractivity contribution in [1.29, 1.82) is 0 Å². The molecule has 3 atom stereocenters. The lowest BCUT2D eigenvalue weighted by Gasteiger charge is -2.36. The van der Waals surface area contributed by atoms with Crippen LogP contribution in [0.25, 0.3) is 0 Å². The van der Waals surface area contributed by atoms with Crippen LogP contribution in [0, 0.1) is 11.8 Å². The fourth-order valence-electron chi connectivity index (χ4n) is 3.50. The zero-order chi connectivity index (χ0) is 16.8. The number of ether oxygens (including phenoxy) is 1. The predicted octanol–water partition coefficient (Wildman–Crippen LogP) is 3.18. The van der Waals surface area contributed by atoms with Gasteiger partial charge >= 0.3 is 6.03 Å². The van der Waals surface area contributed by atoms with E-state index < -0.39 is 0 Å². The van der Waals surface area contributed by atoms with E-state index in [1.807, 2.05) is 31.2 Å². The smallest absolute Gasteiger partial charge is 0.319 e. The van der Waals surface area contributed by atoms with Gasteiger partial charge in [-0.2, -0.15) is 0 Å². The van der Waals surface area contributed by atoms with Gasteiger partial charge in [0.15, 0.2) is 0 Å². The summed E-state index contributed by atoms with van der Waals surface area (Å²) in [5.74, 6) is 2.12. The summed E-state index contributed by atoms with van der Waals surface area (Å²) in [6, 6.07) is 7.32. The molecule has 0 aliphatic carbocycles. The Morgan fingerprint density at radius 1 is 1.30 bits per heavy atom. The Morgan fingerprint density at radius 2 is 1.96 bits per heavy atom. The van der Waals surface area contributed by atoms with Gasteiger partial charge in [-0.05, 0) is 37.3 Å². The molecule has 1 aromatic rings. The zero-order valence-electron chi connectivity index (χ0n) is 14.6. The molecule has 1 saturated heterocycles. The summed E-state index contributed by atoms with van der Waals surface area (Å²) in [5, 5.41) is 5.86. The molecule has 1 aromatic carbocycles. The van der Waals surface area contributed by atoms with Crippen molar-refractivity contribution in [2.45, 2.75) is 33.2 Å². The molecule has 0 spiro atoms. The minimum atomic E-state index is -0.194. The van der Waals surface area contributed by atoms with Gasteiger partial charge in [-0.3, -0.25) is 0 Å². The van der Waals surface area contributed by atoms with Crippen molar-refractivity contribution in [1.82, 2.24) is 10.2 Å². The lowest BCUT2D eigenvalue weighted by atomic mass is 9.92. The molecular weight excluding hydrogens is 290 g/mol. The molecule has 0 radical (unpaired) electrons. The quantitative estimate of drug-likeness (QED) is 0.876. The van der Waals surface area contributed by atoms with Crippen LogP contribution < -0.4 is 15.4 Å². The van der Waals surface area contributed by atoms with Crippen LogP contribution in [-0.4, -0.2) is 43.7 Å². The number of piperidine rings is 1. The van der Waals surface area contributed by atoms with Crippen LogP contribution in [0.1, 0.15) is 27.2 Å². The standard InChI is InChI=1S/C18H29N3O2/c1-13-9-14(2)11-21(10-13)12-15(3)19-18(22)20-16-7-5-6-8-17(16)23-4/h5-8,13-15H,9-12H2,1-4H3,(H2,19,20,22)/t13-,14-,15+/m0/s1. The van der Waals surface area contributed by atoms with Crippen LogP contribution in [-0.2, 0) is 0 Å². The van der Waals surface area contributed by atoms with Crippen LogP contribution in [0.15, 0.2) is 24.3 Å². The van der Waals surface area contributed by atoms with Gasteiger partial charge in [0.1, 0.15) is 5.75 Å². The van der Waals surface area contributed by atoms with Gasteiger partial charge in [0, 0.05) is 25.7 Å². The molecule has 1 aliphatic heterocycles. The Bertz CT molecular complexity index is 511. The maximum atomic E-state index is 12.2. The van der Waals surface area contributed by atoms with Gasteiger partial charge in [0.05, 0.1) is 12.8 Å². The van der Waals surface area contributed by atoms with Crippen molar-refractivity contribution in [2.24, 2.45) is 11.8 Å². The number of nitrogens with zero attached hydrogens (tertiary/aromatic N) is 1. The minimum absolute atomic E-state index is 0.0993. The van der Waals surface area contributed by atoms with Gasteiger partial charge < -0.3 is 20.3 Å². The normalized spacial score (nSPS) is 23.1. The third-order valence-electron chi connectivity index (χ3n) is 4.21. The zero-order valence-corrected chi connectivity index (χ0v) is 14.6. The van der Waals surface area contributed by atoms with Crippen LogP contribution in [0.5, 0.6) is 5.75 Å². The van der Waals surface area contributed by atoms with Gasteiger partial charge in [0.25, 0.3) is 0 Å². The predicted molar refractivity (Wildman–Crippen MR) is 94.0 cm³/mol. The van der Waals surface area contributed by atoms with E-state index in [1.54, 1.807) is 7.11 Å². The number of likely N-dealkylation sites (tertiary alicyclic amines) is 1. The molecule has 0 aromatic heterocycles. The second kappa shape index (κ2) is 8.20. The molecule has 2 amide bonds. The first-order valence-electron chi connectivity index (χ1n) is 8.40. The number of nitrogens with one attached hydrogen (secondary N) is 2. The Hall–Kier alpha value is -1.75. The molecule has 0 bridgehead atoms. The maximum absolute atomic E-state index is 12.2. The Balaban J connectivity index is 1.82. The number of carbonyl (C=O) groups excluding carboxylic acids is 1. The number of rotatable bonds is 5. The first kappa shape index (κ1) is 17.6. The molecule has 1 fully saturated rings. The molecular formula is C18H29N3O2. The Kier molecular flexibility index (Phi) is 6.28. The highest BCUT2D eigenvalue weighted by Gasteiger charge is 2.23. The fourth-order valence-corrected chi connectivity index (χ4v) is 3.50. The highest BCUT2D eigenvalue weighted by molar-refractivity contribution is 5.91. The maximum Gasteiger partial charge on any atom is 0.319 e. The summed E-state index contributed by atoms with van der Waals surface area (Å²) in [6.07, 6.45) is 1.30. The van der Waals surface area contributed by atoms with E-state index in [1.165, 1.54) is 6.42 Å². The van der Waals surface area contributed by atoms with Crippen molar-refractivity contribution < 1.29 is 9.53 Å². The number of methoxy groups -OCH3 is 1. The number of carbonyl (C=O) groups is 1. The summed E-state index contributed by atoms with van der Waals surface area (Å²) < 4.78 is 5.25. The highest BCUT2D eigenvalue weighted by Crippen LogP contribution is 2.23. The summed E-state index contributed by atoms with van der Waals surface area (Å²) >= 11 is 0. The molecule has 2 N–H and O–H groups in total. The minimum Gasteiger partial charge on any atom is -0.495 e. The van der Waals surface area contributed by atoms with Crippen molar-refractivity contribution in [3.05, 3.63) is 24.3 Å². The molecule has 2 rings (SSSR count). The first-order chi connectivity index (χ1) is 11.0. The van der Waals surface area contributed by atoms with Gasteiger partial charge in [-0.25, -0.2) is 4.79 Å². The van der Waals surface area contributed by atoms with E-state index >= 15 is 0 Å². The lowest BCUT2D eigenvalue weighted by molar-refractivity contribution is 0.132. The van der Waals surface area contributed by atoms with Crippen molar-refractivity contribution in [2.75, 3.05) is 32.1 Å². The fraction of sp³-hybridized carbons (Fsp3) is 0.611. The van der Waals surface area contributed by atoms with E-state index in [9.17, 15) is 4.79 Å². The summed E-state index contributed by atoms with van der Waals surface area (Å²) in [4.78, 5) is 14.6. The lowest BCUT2D eigenvalue weighted by Crippen LogP contribution is -2.47. The first-order valence-corrected chi connectivity index (χ1v) is 8.40. The summed E-state index contributed by atoms with van der Waals surface area (Å²) in [5.41, 5.74) is 0.680. The molecule has 0 saturated carbocycles. The average Bonchev–Trinajstić information content (AvgIpc) is 2.46. The molecule has 1 heterocycles. The Morgan fingerprint density at radius 3 is 2.61 bits per heavy atom. The SMILES string of the molecule is COc1ccccc1NC(=O)N[C@H](C)CN1C[C@@H](C)C[C@H](C)C1. The summed E-state index contributed by atoms with van der Waals surface area (Å²) in [7, 11) is 1.60. The van der Waals surface area contributed by atoms with Gasteiger partial charge in [-0.15, -0.1) is 0 Å². The molecule has 5 nitrogen and oxygen atoms in total. The molecule has 23 heavy (non-hydrogen) atoms. The number of urea groups is 1. The van der Waals surface area contributed by atoms with E-state index in [0.717, 1.165) is 31.5 Å². The van der Waals surface area contributed by atoms with E-state index in [0.29, 0.717) is 11.4 Å². The van der Waals surface area contributed by atoms with Crippen LogP contribution in [0.3, 0.4) is 0 Å². The van der Waals surface area contributed by atoms with Crippen molar-refractivity contribution >= 4 is 11.7 Å². The van der Waals surface area contributed by atoms with Crippen LogP contribution in [0.2, 0.25) is 0 Å². The number of benzene rings is 1. The van der Waals surface area contributed by atoms with E-state index in [2.05, 4.69) is 29.4 Å². The highest BCUT2D eigenvalue weighted by atomic mass is 16.5. The van der Waals surface area contributed by atoms with E-state index in [4.69, 9.17) is 4.74 Å². The topological polar surface area (TPSA) is 53.6 Å². The van der Waals surface area contributed by atoms with Crippen LogP contribution in [0.4, 0.5) is 10.5 Å². The second-order valence-electron chi connectivity index (χ2n) is 6.86. The monoisotopic (exact) mass is 319 g/mol. The Labute approximate surface area is 139 Å². The summed E-state index contributed by atoms with van der Waals surface area (Å²) in [6.45, 7) is 9.76.